The lowest BCUT2D eigenvalue weighted by molar-refractivity contribution is 0.199. The third-order valence-corrected chi connectivity index (χ3v) is 4.14. The molecule has 98 valence electrons. The lowest BCUT2D eigenvalue weighted by atomic mass is 10.2. The van der Waals surface area contributed by atoms with E-state index < -0.39 is 0 Å². The van der Waals surface area contributed by atoms with E-state index >= 15 is 0 Å². The van der Waals surface area contributed by atoms with Gasteiger partial charge in [0.1, 0.15) is 5.69 Å². The highest BCUT2D eigenvalue weighted by Gasteiger charge is 2.11. The van der Waals surface area contributed by atoms with Gasteiger partial charge >= 0.3 is 0 Å². The molecule has 0 unspecified atom stereocenters. The van der Waals surface area contributed by atoms with Gasteiger partial charge in [-0.1, -0.05) is 0 Å². The van der Waals surface area contributed by atoms with Crippen molar-refractivity contribution in [2.45, 2.75) is 6.54 Å². The number of aryl methyl sites for hydroxylation is 1. The van der Waals surface area contributed by atoms with E-state index in [0.717, 1.165) is 29.2 Å². The van der Waals surface area contributed by atoms with Gasteiger partial charge in [0.25, 0.3) is 0 Å². The van der Waals surface area contributed by atoms with Crippen molar-refractivity contribution in [1.29, 1.82) is 0 Å². The molecule has 1 N–H and O–H groups in total. The Labute approximate surface area is 119 Å². The molecule has 18 heavy (non-hydrogen) atoms. The average Bonchev–Trinajstić information content (AvgIpc) is 2.91. The maximum atomic E-state index is 5.02. The van der Waals surface area contributed by atoms with Crippen molar-refractivity contribution in [1.82, 2.24) is 15.1 Å². The number of methoxy groups -OCH3 is 1. The van der Waals surface area contributed by atoms with Gasteiger partial charge in [-0.05, 0) is 28.1 Å². The first-order valence-electron chi connectivity index (χ1n) is 5.68. The summed E-state index contributed by atoms with van der Waals surface area (Å²) in [5.74, 6) is 0. The van der Waals surface area contributed by atoms with E-state index in [1.165, 1.54) is 10.4 Å². The Bertz CT molecular complexity index is 509. The van der Waals surface area contributed by atoms with E-state index in [-0.39, 0.29) is 0 Å². The van der Waals surface area contributed by atoms with E-state index in [0.29, 0.717) is 0 Å². The molecule has 0 radical (unpaired) electrons. The Kier molecular flexibility index (Phi) is 4.94. The molecule has 0 aliphatic carbocycles. The minimum Gasteiger partial charge on any atom is -0.383 e. The van der Waals surface area contributed by atoms with Gasteiger partial charge in [0, 0.05) is 39.0 Å². The molecule has 0 bridgehead atoms. The molecule has 2 rings (SSSR count). The van der Waals surface area contributed by atoms with Gasteiger partial charge in [0.15, 0.2) is 0 Å². The molecular formula is C12H16BrN3OS. The Balaban J connectivity index is 2.10. The molecule has 0 atom stereocenters. The number of nitrogens with zero attached hydrogens (tertiary/aromatic N) is 2. The van der Waals surface area contributed by atoms with Crippen LogP contribution in [0, 0.1) is 0 Å². The summed E-state index contributed by atoms with van der Waals surface area (Å²) < 4.78 is 8.00. The van der Waals surface area contributed by atoms with Crippen LogP contribution in [0.1, 0.15) is 5.56 Å². The number of nitrogens with one attached hydrogen (secondary N) is 1. The Hall–Kier alpha value is -0.690. The summed E-state index contributed by atoms with van der Waals surface area (Å²) in [5, 5.41) is 7.88. The molecule has 4 nitrogen and oxygen atoms in total. The highest BCUT2D eigenvalue weighted by molar-refractivity contribution is 9.11. The number of ether oxygens (including phenoxy) is 1. The first-order chi connectivity index (χ1) is 8.70. The fourth-order valence-corrected chi connectivity index (χ4v) is 3.12. The Morgan fingerprint density at radius 2 is 2.33 bits per heavy atom. The minimum absolute atomic E-state index is 0.722. The maximum absolute atomic E-state index is 5.02. The molecular weight excluding hydrogens is 314 g/mol. The molecule has 0 aliphatic heterocycles. The van der Waals surface area contributed by atoms with Crippen LogP contribution in [-0.2, 0) is 18.3 Å². The molecule has 0 saturated carbocycles. The fourth-order valence-electron chi connectivity index (χ4n) is 1.71. The number of rotatable bonds is 6. The first-order valence-corrected chi connectivity index (χ1v) is 7.29. The third-order valence-electron chi connectivity index (χ3n) is 2.51. The van der Waals surface area contributed by atoms with Gasteiger partial charge in [0.05, 0.1) is 15.3 Å². The van der Waals surface area contributed by atoms with Gasteiger partial charge in [-0.25, -0.2) is 0 Å². The summed E-state index contributed by atoms with van der Waals surface area (Å²) >= 11 is 5.19. The molecule has 0 amide bonds. The minimum atomic E-state index is 0.722. The number of halogens is 1. The summed E-state index contributed by atoms with van der Waals surface area (Å²) in [5.41, 5.74) is 2.26. The van der Waals surface area contributed by atoms with Gasteiger partial charge in [0.2, 0.25) is 0 Å². The molecule has 6 heteroatoms. The average molecular weight is 330 g/mol. The van der Waals surface area contributed by atoms with E-state index in [1.807, 2.05) is 11.7 Å². The second kappa shape index (κ2) is 6.47. The topological polar surface area (TPSA) is 39.1 Å². The van der Waals surface area contributed by atoms with Gasteiger partial charge in [-0.2, -0.15) is 5.10 Å². The van der Waals surface area contributed by atoms with Crippen molar-refractivity contribution >= 4 is 27.3 Å². The van der Waals surface area contributed by atoms with Crippen LogP contribution in [-0.4, -0.2) is 30.0 Å². The van der Waals surface area contributed by atoms with E-state index in [9.17, 15) is 0 Å². The first kappa shape index (κ1) is 13.7. The molecule has 2 heterocycles. The zero-order chi connectivity index (χ0) is 13.0. The highest BCUT2D eigenvalue weighted by Crippen LogP contribution is 2.32. The molecule has 0 saturated heterocycles. The summed E-state index contributed by atoms with van der Waals surface area (Å²) in [6.45, 7) is 2.38. The van der Waals surface area contributed by atoms with Crippen molar-refractivity contribution in [2.24, 2.45) is 7.05 Å². The van der Waals surface area contributed by atoms with Crippen LogP contribution in [0.2, 0.25) is 0 Å². The molecule has 0 fully saturated rings. The summed E-state index contributed by atoms with van der Waals surface area (Å²) in [4.78, 5) is 1.19. The lowest BCUT2D eigenvalue weighted by Crippen LogP contribution is -2.18. The predicted octanol–water partition coefficient (Wildman–Crippen LogP) is 2.65. The smallest absolute Gasteiger partial charge is 0.107 e. The van der Waals surface area contributed by atoms with Gasteiger partial charge in [-0.3, -0.25) is 4.68 Å². The van der Waals surface area contributed by atoms with Crippen molar-refractivity contribution in [3.05, 3.63) is 27.7 Å². The predicted molar refractivity (Wildman–Crippen MR) is 77.8 cm³/mol. The van der Waals surface area contributed by atoms with E-state index in [4.69, 9.17) is 4.74 Å². The number of hydrogen-bond acceptors (Lipinski definition) is 4. The van der Waals surface area contributed by atoms with Crippen molar-refractivity contribution in [2.75, 3.05) is 20.3 Å². The maximum Gasteiger partial charge on any atom is 0.107 e. The standard InChI is InChI=1S/C12H16BrN3OS/c1-16-8-9(7-14-5-6-17-2)12(15-16)10-3-4-11(13)18-10/h3-4,8,14H,5-7H2,1-2H3. The number of hydrogen-bond donors (Lipinski definition) is 1. The monoisotopic (exact) mass is 329 g/mol. The molecule has 2 aromatic heterocycles. The molecule has 0 spiro atoms. The zero-order valence-corrected chi connectivity index (χ0v) is 12.8. The quantitative estimate of drug-likeness (QED) is 0.828. The highest BCUT2D eigenvalue weighted by atomic mass is 79.9. The normalized spacial score (nSPS) is 11.1. The summed E-state index contributed by atoms with van der Waals surface area (Å²) in [7, 11) is 3.66. The van der Waals surface area contributed by atoms with Gasteiger partial charge in [-0.15, -0.1) is 11.3 Å². The molecule has 2 aromatic rings. The van der Waals surface area contributed by atoms with Crippen molar-refractivity contribution in [3.8, 4) is 10.6 Å². The van der Waals surface area contributed by atoms with Crippen LogP contribution in [0.5, 0.6) is 0 Å². The van der Waals surface area contributed by atoms with Crippen molar-refractivity contribution in [3.63, 3.8) is 0 Å². The van der Waals surface area contributed by atoms with Crippen LogP contribution >= 0.6 is 27.3 Å². The van der Waals surface area contributed by atoms with E-state index in [1.54, 1.807) is 18.4 Å². The lowest BCUT2D eigenvalue weighted by Gasteiger charge is -2.03. The number of aromatic nitrogens is 2. The number of thiophene rings is 1. The Morgan fingerprint density at radius 3 is 3.00 bits per heavy atom. The summed E-state index contributed by atoms with van der Waals surface area (Å²) in [6.07, 6.45) is 2.06. The largest absolute Gasteiger partial charge is 0.383 e. The molecule has 0 aromatic carbocycles. The van der Waals surface area contributed by atoms with Crippen LogP contribution in [0.25, 0.3) is 10.6 Å². The fraction of sp³-hybridized carbons (Fsp3) is 0.417. The van der Waals surface area contributed by atoms with Crippen molar-refractivity contribution < 1.29 is 4.74 Å². The third kappa shape index (κ3) is 3.41. The van der Waals surface area contributed by atoms with Gasteiger partial charge < -0.3 is 10.1 Å². The van der Waals surface area contributed by atoms with Crippen LogP contribution in [0.4, 0.5) is 0 Å². The van der Waals surface area contributed by atoms with Crippen LogP contribution in [0.3, 0.4) is 0 Å². The van der Waals surface area contributed by atoms with Crippen LogP contribution in [0.15, 0.2) is 22.1 Å². The second-order valence-electron chi connectivity index (χ2n) is 3.95. The van der Waals surface area contributed by atoms with E-state index in [2.05, 4.69) is 44.7 Å². The Morgan fingerprint density at radius 1 is 1.50 bits per heavy atom. The zero-order valence-electron chi connectivity index (χ0n) is 10.4. The molecule has 0 aliphatic rings. The van der Waals surface area contributed by atoms with Crippen LogP contribution < -0.4 is 5.32 Å². The SMILES string of the molecule is COCCNCc1cn(C)nc1-c1ccc(Br)s1. The summed E-state index contributed by atoms with van der Waals surface area (Å²) in [6, 6.07) is 4.15. The second-order valence-corrected chi connectivity index (χ2v) is 6.41.